The summed E-state index contributed by atoms with van der Waals surface area (Å²) in [5.41, 5.74) is 0.835. The summed E-state index contributed by atoms with van der Waals surface area (Å²) in [4.78, 5) is 22.4. The summed E-state index contributed by atoms with van der Waals surface area (Å²) in [5.74, 6) is 0.158. The summed E-state index contributed by atoms with van der Waals surface area (Å²) >= 11 is 15.0. The van der Waals surface area contributed by atoms with Crippen molar-refractivity contribution in [3.8, 4) is 0 Å². The smallest absolute Gasteiger partial charge is 0.227 e. The van der Waals surface area contributed by atoms with E-state index in [9.17, 15) is 9.59 Å². The first-order valence-electron chi connectivity index (χ1n) is 6.89. The molecule has 2 amide bonds. The third kappa shape index (κ3) is 5.94. The number of hydrogen-bond donors (Lipinski definition) is 2. The standard InChI is InChI=1S/C14H14Cl2N4O2S2/c1-8(21)17-6-5-12(22)18-13-19-20-14(24-13)23-7-9-10(15)3-2-4-11(9)16/h2-4H,5-7H2,1H3,(H,17,21)(H,18,19,22). The van der Waals surface area contributed by atoms with E-state index in [-0.39, 0.29) is 24.8 Å². The summed E-state index contributed by atoms with van der Waals surface area (Å²) in [5, 5.41) is 14.8. The summed E-state index contributed by atoms with van der Waals surface area (Å²) < 4.78 is 0.697. The number of carbonyl (C=O) groups excluding carboxylic acids is 2. The highest BCUT2D eigenvalue weighted by Gasteiger charge is 2.11. The summed E-state index contributed by atoms with van der Waals surface area (Å²) in [6, 6.07) is 5.35. The van der Waals surface area contributed by atoms with Crippen LogP contribution in [0, 0.1) is 0 Å². The molecule has 24 heavy (non-hydrogen) atoms. The van der Waals surface area contributed by atoms with Crippen molar-refractivity contribution in [3.05, 3.63) is 33.8 Å². The lowest BCUT2D eigenvalue weighted by Crippen LogP contribution is -2.25. The lowest BCUT2D eigenvalue weighted by Gasteiger charge is -2.04. The molecule has 2 rings (SSSR count). The van der Waals surface area contributed by atoms with Gasteiger partial charge in [0.05, 0.1) is 0 Å². The minimum absolute atomic E-state index is 0.171. The van der Waals surface area contributed by atoms with Gasteiger partial charge in [0, 0.05) is 35.7 Å². The summed E-state index contributed by atoms with van der Waals surface area (Å²) in [7, 11) is 0. The molecule has 0 bridgehead atoms. The molecule has 0 saturated heterocycles. The van der Waals surface area contributed by atoms with Crippen LogP contribution in [-0.2, 0) is 15.3 Å². The third-order valence-electron chi connectivity index (χ3n) is 2.78. The minimum Gasteiger partial charge on any atom is -0.356 e. The molecule has 2 N–H and O–H groups in total. The molecule has 0 aliphatic heterocycles. The second kappa shape index (κ2) is 9.22. The number of nitrogens with zero attached hydrogens (tertiary/aromatic N) is 2. The predicted octanol–water partition coefficient (Wildman–Crippen LogP) is 3.60. The number of aromatic nitrogens is 2. The zero-order valence-corrected chi connectivity index (χ0v) is 15.8. The van der Waals surface area contributed by atoms with Crippen LogP contribution in [-0.4, -0.2) is 28.6 Å². The summed E-state index contributed by atoms with van der Waals surface area (Å²) in [6.07, 6.45) is 0.177. The molecule has 0 saturated carbocycles. The first-order valence-corrected chi connectivity index (χ1v) is 9.45. The third-order valence-corrected chi connectivity index (χ3v) is 5.49. The van der Waals surface area contributed by atoms with E-state index < -0.39 is 0 Å². The van der Waals surface area contributed by atoms with Crippen LogP contribution in [0.2, 0.25) is 10.0 Å². The van der Waals surface area contributed by atoms with E-state index >= 15 is 0 Å². The lowest BCUT2D eigenvalue weighted by molar-refractivity contribution is -0.119. The molecule has 2 aromatic rings. The fourth-order valence-corrected chi connectivity index (χ4v) is 4.17. The average Bonchev–Trinajstić information content (AvgIpc) is 2.93. The van der Waals surface area contributed by atoms with E-state index in [2.05, 4.69) is 20.8 Å². The molecule has 0 radical (unpaired) electrons. The van der Waals surface area contributed by atoms with E-state index in [4.69, 9.17) is 23.2 Å². The van der Waals surface area contributed by atoms with Gasteiger partial charge in [0.25, 0.3) is 0 Å². The molecule has 0 aliphatic rings. The van der Waals surface area contributed by atoms with Crippen molar-refractivity contribution in [3.63, 3.8) is 0 Å². The van der Waals surface area contributed by atoms with Crippen LogP contribution in [0.25, 0.3) is 0 Å². The molecule has 10 heteroatoms. The number of benzene rings is 1. The van der Waals surface area contributed by atoms with Crippen LogP contribution in [0.5, 0.6) is 0 Å². The number of nitrogens with one attached hydrogen (secondary N) is 2. The predicted molar refractivity (Wildman–Crippen MR) is 97.9 cm³/mol. The number of hydrogen-bond acceptors (Lipinski definition) is 6. The average molecular weight is 405 g/mol. The van der Waals surface area contributed by atoms with Crippen molar-refractivity contribution in [2.45, 2.75) is 23.4 Å². The Morgan fingerprint density at radius 1 is 1.25 bits per heavy atom. The van der Waals surface area contributed by atoms with Crippen LogP contribution in [0.15, 0.2) is 22.5 Å². The maximum Gasteiger partial charge on any atom is 0.227 e. The van der Waals surface area contributed by atoms with Gasteiger partial charge in [-0.15, -0.1) is 10.2 Å². The molecular weight excluding hydrogens is 391 g/mol. The van der Waals surface area contributed by atoms with Crippen molar-refractivity contribution in [2.24, 2.45) is 0 Å². The Kier molecular flexibility index (Phi) is 7.29. The van der Waals surface area contributed by atoms with Crippen LogP contribution in [0.4, 0.5) is 5.13 Å². The summed E-state index contributed by atoms with van der Waals surface area (Å²) in [6.45, 7) is 1.68. The van der Waals surface area contributed by atoms with Crippen LogP contribution >= 0.6 is 46.3 Å². The molecule has 0 fully saturated rings. The van der Waals surface area contributed by atoms with Crippen LogP contribution in [0.3, 0.4) is 0 Å². The maximum atomic E-state index is 11.7. The number of rotatable bonds is 7. The Balaban J connectivity index is 1.85. The Bertz CT molecular complexity index is 719. The SMILES string of the molecule is CC(=O)NCCC(=O)Nc1nnc(SCc2c(Cl)cccc2Cl)s1. The number of halogens is 2. The number of anilines is 1. The highest BCUT2D eigenvalue weighted by molar-refractivity contribution is 8.00. The Hall–Kier alpha value is -1.35. The molecule has 1 aromatic carbocycles. The van der Waals surface area contributed by atoms with Crippen molar-refractivity contribution >= 4 is 63.2 Å². The number of amides is 2. The largest absolute Gasteiger partial charge is 0.356 e. The molecule has 6 nitrogen and oxygen atoms in total. The quantitative estimate of drug-likeness (QED) is 0.543. The van der Waals surface area contributed by atoms with Gasteiger partial charge in [-0.1, -0.05) is 52.4 Å². The van der Waals surface area contributed by atoms with Gasteiger partial charge < -0.3 is 10.6 Å². The first-order chi connectivity index (χ1) is 11.5. The van der Waals surface area contributed by atoms with E-state index in [0.717, 1.165) is 5.56 Å². The topological polar surface area (TPSA) is 84.0 Å². The Morgan fingerprint density at radius 3 is 2.62 bits per heavy atom. The fourth-order valence-electron chi connectivity index (χ4n) is 1.66. The molecule has 1 heterocycles. The lowest BCUT2D eigenvalue weighted by atomic mass is 10.2. The molecular formula is C14H14Cl2N4O2S2. The number of thioether (sulfide) groups is 1. The van der Waals surface area contributed by atoms with Crippen LogP contribution in [0.1, 0.15) is 18.9 Å². The first kappa shape index (κ1) is 19.0. The highest BCUT2D eigenvalue weighted by Crippen LogP contribution is 2.33. The minimum atomic E-state index is -0.231. The molecule has 0 aliphatic carbocycles. The van der Waals surface area contributed by atoms with Gasteiger partial charge in [0.15, 0.2) is 4.34 Å². The fraction of sp³-hybridized carbons (Fsp3) is 0.286. The zero-order chi connectivity index (χ0) is 17.5. The van der Waals surface area contributed by atoms with Crippen molar-refractivity contribution in [1.82, 2.24) is 15.5 Å². The van der Waals surface area contributed by atoms with Crippen molar-refractivity contribution in [1.29, 1.82) is 0 Å². The van der Waals surface area contributed by atoms with E-state index in [0.29, 0.717) is 25.3 Å². The zero-order valence-electron chi connectivity index (χ0n) is 12.6. The Labute approximate surface area is 157 Å². The van der Waals surface area contributed by atoms with Crippen LogP contribution < -0.4 is 10.6 Å². The van der Waals surface area contributed by atoms with Gasteiger partial charge in [0.1, 0.15) is 0 Å². The van der Waals surface area contributed by atoms with Crippen molar-refractivity contribution in [2.75, 3.05) is 11.9 Å². The number of carbonyl (C=O) groups is 2. The molecule has 128 valence electrons. The van der Waals surface area contributed by atoms with Gasteiger partial charge in [-0.3, -0.25) is 9.59 Å². The van der Waals surface area contributed by atoms with Gasteiger partial charge in [-0.2, -0.15) is 0 Å². The molecule has 0 unspecified atom stereocenters. The normalized spacial score (nSPS) is 10.5. The van der Waals surface area contributed by atoms with Crippen molar-refractivity contribution < 1.29 is 9.59 Å². The van der Waals surface area contributed by atoms with E-state index in [1.165, 1.54) is 30.0 Å². The van der Waals surface area contributed by atoms with Gasteiger partial charge >= 0.3 is 0 Å². The molecule has 0 atom stereocenters. The van der Waals surface area contributed by atoms with E-state index in [1.807, 2.05) is 0 Å². The van der Waals surface area contributed by atoms with E-state index in [1.54, 1.807) is 18.2 Å². The highest BCUT2D eigenvalue weighted by atomic mass is 35.5. The van der Waals surface area contributed by atoms with Gasteiger partial charge in [-0.05, 0) is 17.7 Å². The second-order valence-electron chi connectivity index (χ2n) is 4.64. The Morgan fingerprint density at radius 2 is 1.96 bits per heavy atom. The van der Waals surface area contributed by atoms with Gasteiger partial charge in [0.2, 0.25) is 16.9 Å². The maximum absolute atomic E-state index is 11.7. The monoisotopic (exact) mass is 404 g/mol. The van der Waals surface area contributed by atoms with Gasteiger partial charge in [-0.25, -0.2) is 0 Å². The molecule has 1 aromatic heterocycles. The second-order valence-corrected chi connectivity index (χ2v) is 7.66. The molecule has 0 spiro atoms.